The van der Waals surface area contributed by atoms with E-state index < -0.39 is 0 Å². The molecular weight excluding hydrogens is 261 g/mol. The van der Waals surface area contributed by atoms with Gasteiger partial charge in [-0.2, -0.15) is 0 Å². The molecule has 0 aromatic heterocycles. The Labute approximate surface area is 118 Å². The van der Waals surface area contributed by atoms with Crippen molar-refractivity contribution >= 4 is 17.3 Å². The summed E-state index contributed by atoms with van der Waals surface area (Å²) in [6, 6.07) is 10.9. The van der Waals surface area contributed by atoms with Gasteiger partial charge in [-0.15, -0.1) is 0 Å². The molecule has 1 atom stereocenters. The van der Waals surface area contributed by atoms with E-state index >= 15 is 0 Å². The van der Waals surface area contributed by atoms with Crippen molar-refractivity contribution in [3.8, 4) is 0 Å². The van der Waals surface area contributed by atoms with Crippen LogP contribution < -0.4 is 5.32 Å². The molecule has 1 unspecified atom stereocenters. The Bertz CT molecular complexity index is 595. The fourth-order valence-electron chi connectivity index (χ4n) is 2.14. The average Bonchev–Trinajstić information content (AvgIpc) is 2.35. The molecule has 0 spiro atoms. The van der Waals surface area contributed by atoms with Crippen LogP contribution in [0.1, 0.15) is 29.7 Å². The van der Waals surface area contributed by atoms with E-state index in [1.165, 1.54) is 28.8 Å². The summed E-state index contributed by atoms with van der Waals surface area (Å²) in [5.41, 5.74) is 4.42. The highest BCUT2D eigenvalue weighted by atomic mass is 35.5. The molecule has 0 fully saturated rings. The Morgan fingerprint density at radius 1 is 1.11 bits per heavy atom. The van der Waals surface area contributed by atoms with Gasteiger partial charge in [0.25, 0.3) is 0 Å². The number of benzene rings is 2. The maximum Gasteiger partial charge on any atom is 0.124 e. The zero-order chi connectivity index (χ0) is 14.0. The molecule has 0 amide bonds. The highest BCUT2D eigenvalue weighted by molar-refractivity contribution is 6.33. The molecule has 2 rings (SSSR count). The molecule has 0 saturated heterocycles. The summed E-state index contributed by atoms with van der Waals surface area (Å²) in [6.45, 7) is 6.22. The van der Waals surface area contributed by atoms with Crippen LogP contribution in [0.15, 0.2) is 36.4 Å². The smallest absolute Gasteiger partial charge is 0.124 e. The molecule has 0 bridgehead atoms. The number of halogens is 2. The Balaban J connectivity index is 2.25. The zero-order valence-corrected chi connectivity index (χ0v) is 12.1. The minimum absolute atomic E-state index is 0.114. The second-order valence-corrected chi connectivity index (χ2v) is 5.26. The first kappa shape index (κ1) is 13.9. The van der Waals surface area contributed by atoms with Crippen molar-refractivity contribution in [3.05, 3.63) is 63.9 Å². The first-order valence-corrected chi connectivity index (χ1v) is 6.64. The van der Waals surface area contributed by atoms with Crippen LogP contribution in [-0.4, -0.2) is 0 Å². The number of hydrogen-bond acceptors (Lipinski definition) is 1. The van der Waals surface area contributed by atoms with E-state index in [9.17, 15) is 4.39 Å². The summed E-state index contributed by atoms with van der Waals surface area (Å²) in [6.07, 6.45) is 0. The van der Waals surface area contributed by atoms with E-state index in [1.54, 1.807) is 6.07 Å². The van der Waals surface area contributed by atoms with Crippen molar-refractivity contribution < 1.29 is 4.39 Å². The quantitative estimate of drug-likeness (QED) is 0.806. The molecule has 19 heavy (non-hydrogen) atoms. The lowest BCUT2D eigenvalue weighted by atomic mass is 10.00. The third-order valence-corrected chi connectivity index (χ3v) is 3.52. The molecule has 0 saturated carbocycles. The summed E-state index contributed by atoms with van der Waals surface area (Å²) in [4.78, 5) is 0. The lowest BCUT2D eigenvalue weighted by molar-refractivity contribution is 0.628. The van der Waals surface area contributed by atoms with Gasteiger partial charge in [-0.3, -0.25) is 0 Å². The van der Waals surface area contributed by atoms with Gasteiger partial charge in [-0.25, -0.2) is 4.39 Å². The first-order valence-electron chi connectivity index (χ1n) is 6.26. The molecule has 0 aliphatic rings. The van der Waals surface area contributed by atoms with Crippen LogP contribution in [0.4, 0.5) is 10.1 Å². The number of rotatable bonds is 3. The second-order valence-electron chi connectivity index (χ2n) is 4.85. The van der Waals surface area contributed by atoms with E-state index in [1.807, 2.05) is 0 Å². The molecule has 0 aliphatic carbocycles. The SMILES string of the molecule is Cc1ccc(C)c(C(C)Nc2ccc(F)cc2Cl)c1. The van der Waals surface area contributed by atoms with Crippen LogP contribution in [0, 0.1) is 19.7 Å². The van der Waals surface area contributed by atoms with Crippen molar-refractivity contribution in [1.29, 1.82) is 0 Å². The van der Waals surface area contributed by atoms with Gasteiger partial charge in [-0.05, 0) is 50.1 Å². The minimum atomic E-state index is -0.324. The highest BCUT2D eigenvalue weighted by Gasteiger charge is 2.10. The summed E-state index contributed by atoms with van der Waals surface area (Å²) in [5.74, 6) is -0.324. The fraction of sp³-hybridized carbons (Fsp3) is 0.250. The molecule has 2 aromatic carbocycles. The summed E-state index contributed by atoms with van der Waals surface area (Å²) in [5, 5.41) is 3.72. The number of hydrogen-bond donors (Lipinski definition) is 1. The monoisotopic (exact) mass is 277 g/mol. The van der Waals surface area contributed by atoms with Crippen LogP contribution in [0.3, 0.4) is 0 Å². The van der Waals surface area contributed by atoms with Crippen LogP contribution >= 0.6 is 11.6 Å². The van der Waals surface area contributed by atoms with E-state index in [0.29, 0.717) is 5.02 Å². The van der Waals surface area contributed by atoms with Crippen molar-refractivity contribution in [2.75, 3.05) is 5.32 Å². The van der Waals surface area contributed by atoms with E-state index in [0.717, 1.165) is 5.69 Å². The maximum absolute atomic E-state index is 13.0. The van der Waals surface area contributed by atoms with Crippen molar-refractivity contribution in [1.82, 2.24) is 0 Å². The van der Waals surface area contributed by atoms with Gasteiger partial charge >= 0.3 is 0 Å². The molecule has 0 aliphatic heterocycles. The highest BCUT2D eigenvalue weighted by Crippen LogP contribution is 2.28. The third kappa shape index (κ3) is 3.27. The molecular formula is C16H17ClFN. The lowest BCUT2D eigenvalue weighted by Gasteiger charge is -2.19. The topological polar surface area (TPSA) is 12.0 Å². The van der Waals surface area contributed by atoms with Gasteiger partial charge in [-0.1, -0.05) is 35.4 Å². The Hall–Kier alpha value is -1.54. The molecule has 0 radical (unpaired) electrons. The van der Waals surface area contributed by atoms with Gasteiger partial charge in [0.15, 0.2) is 0 Å². The number of anilines is 1. The predicted molar refractivity (Wildman–Crippen MR) is 79.4 cm³/mol. The van der Waals surface area contributed by atoms with Gasteiger partial charge in [0.1, 0.15) is 5.82 Å². The Morgan fingerprint density at radius 2 is 1.84 bits per heavy atom. The Kier molecular flexibility index (Phi) is 4.11. The summed E-state index contributed by atoms with van der Waals surface area (Å²) in [7, 11) is 0. The molecule has 0 heterocycles. The van der Waals surface area contributed by atoms with Gasteiger partial charge in [0.2, 0.25) is 0 Å². The van der Waals surface area contributed by atoms with E-state index in [4.69, 9.17) is 11.6 Å². The summed E-state index contributed by atoms with van der Waals surface area (Å²) >= 11 is 6.03. The predicted octanol–water partition coefficient (Wildman–Crippen LogP) is 5.27. The van der Waals surface area contributed by atoms with E-state index in [2.05, 4.69) is 44.3 Å². The van der Waals surface area contributed by atoms with Crippen molar-refractivity contribution in [2.24, 2.45) is 0 Å². The minimum Gasteiger partial charge on any atom is -0.377 e. The molecule has 1 N–H and O–H groups in total. The third-order valence-electron chi connectivity index (χ3n) is 3.20. The molecule has 2 aromatic rings. The zero-order valence-electron chi connectivity index (χ0n) is 11.3. The average molecular weight is 278 g/mol. The number of aryl methyl sites for hydroxylation is 2. The first-order chi connectivity index (χ1) is 8.97. The van der Waals surface area contributed by atoms with Gasteiger partial charge in [0.05, 0.1) is 10.7 Å². The Morgan fingerprint density at radius 3 is 2.53 bits per heavy atom. The van der Waals surface area contributed by atoms with Gasteiger partial charge in [0, 0.05) is 6.04 Å². The van der Waals surface area contributed by atoms with Crippen LogP contribution in [0.2, 0.25) is 5.02 Å². The van der Waals surface area contributed by atoms with Crippen LogP contribution in [0.5, 0.6) is 0 Å². The maximum atomic E-state index is 13.0. The number of nitrogens with one attached hydrogen (secondary N) is 1. The standard InChI is InChI=1S/C16H17ClFN/c1-10-4-5-11(2)14(8-10)12(3)19-16-7-6-13(18)9-15(16)17/h4-9,12,19H,1-3H3. The fourth-order valence-corrected chi connectivity index (χ4v) is 2.37. The molecule has 100 valence electrons. The molecule has 3 heteroatoms. The van der Waals surface area contributed by atoms with E-state index in [-0.39, 0.29) is 11.9 Å². The van der Waals surface area contributed by atoms with Gasteiger partial charge < -0.3 is 5.32 Å². The van der Waals surface area contributed by atoms with Crippen molar-refractivity contribution in [3.63, 3.8) is 0 Å². The molecule has 1 nitrogen and oxygen atoms in total. The second kappa shape index (κ2) is 5.62. The van der Waals surface area contributed by atoms with Crippen LogP contribution in [-0.2, 0) is 0 Å². The van der Waals surface area contributed by atoms with Crippen LogP contribution in [0.25, 0.3) is 0 Å². The van der Waals surface area contributed by atoms with Crippen molar-refractivity contribution in [2.45, 2.75) is 26.8 Å². The lowest BCUT2D eigenvalue weighted by Crippen LogP contribution is -2.09. The normalized spacial score (nSPS) is 12.3. The summed E-state index contributed by atoms with van der Waals surface area (Å²) < 4.78 is 13.0. The largest absolute Gasteiger partial charge is 0.377 e.